The van der Waals surface area contributed by atoms with E-state index in [9.17, 15) is 4.79 Å². The van der Waals surface area contributed by atoms with Crippen LogP contribution in [0.25, 0.3) is 0 Å². The molecular formula is C15H23N5O. The maximum absolute atomic E-state index is 12.3. The van der Waals surface area contributed by atoms with Gasteiger partial charge in [0.1, 0.15) is 0 Å². The predicted molar refractivity (Wildman–Crippen MR) is 79.0 cm³/mol. The maximum Gasteiger partial charge on any atom is 0.272 e. The highest BCUT2D eigenvalue weighted by Crippen LogP contribution is 2.31. The second-order valence-corrected chi connectivity index (χ2v) is 6.55. The molecule has 1 amide bonds. The summed E-state index contributed by atoms with van der Waals surface area (Å²) < 4.78 is 0. The van der Waals surface area contributed by atoms with Gasteiger partial charge in [0, 0.05) is 49.9 Å². The molecule has 0 radical (unpaired) electrons. The van der Waals surface area contributed by atoms with E-state index in [4.69, 9.17) is 0 Å². The second kappa shape index (κ2) is 5.42. The molecule has 1 atom stereocenters. The van der Waals surface area contributed by atoms with Crippen molar-refractivity contribution in [1.29, 1.82) is 0 Å². The number of hydrogen-bond donors (Lipinski definition) is 3. The van der Waals surface area contributed by atoms with E-state index in [0.717, 1.165) is 49.9 Å². The summed E-state index contributed by atoms with van der Waals surface area (Å²) in [6, 6.07) is 0.843. The largest absolute Gasteiger partial charge is 0.350 e. The van der Waals surface area contributed by atoms with Gasteiger partial charge in [0.15, 0.2) is 5.69 Å². The maximum atomic E-state index is 12.3. The second-order valence-electron chi connectivity index (χ2n) is 6.55. The summed E-state index contributed by atoms with van der Waals surface area (Å²) in [4.78, 5) is 14.9. The van der Waals surface area contributed by atoms with Crippen LogP contribution in [-0.4, -0.2) is 53.2 Å². The average Bonchev–Trinajstić information content (AvgIpc) is 3.10. The van der Waals surface area contributed by atoms with E-state index < -0.39 is 0 Å². The van der Waals surface area contributed by atoms with Crippen LogP contribution in [0.4, 0.5) is 0 Å². The molecule has 3 aliphatic rings. The number of nitrogens with one attached hydrogen (secondary N) is 3. The van der Waals surface area contributed by atoms with E-state index in [1.165, 1.54) is 25.8 Å². The van der Waals surface area contributed by atoms with E-state index in [-0.39, 0.29) is 5.91 Å². The lowest BCUT2D eigenvalue weighted by Crippen LogP contribution is -2.33. The number of aromatic amines is 1. The first kappa shape index (κ1) is 13.3. The zero-order valence-corrected chi connectivity index (χ0v) is 12.3. The number of fused-ring (bicyclic) bond motifs is 1. The first-order valence-corrected chi connectivity index (χ1v) is 8.10. The van der Waals surface area contributed by atoms with Gasteiger partial charge in [0.05, 0.1) is 0 Å². The monoisotopic (exact) mass is 289 g/mol. The normalized spacial score (nSPS) is 25.8. The summed E-state index contributed by atoms with van der Waals surface area (Å²) >= 11 is 0. The molecule has 4 rings (SSSR count). The lowest BCUT2D eigenvalue weighted by Gasteiger charge is -2.15. The smallest absolute Gasteiger partial charge is 0.272 e. The zero-order valence-electron chi connectivity index (χ0n) is 12.3. The van der Waals surface area contributed by atoms with Crippen LogP contribution in [0.1, 0.15) is 41.0 Å². The molecule has 6 heteroatoms. The summed E-state index contributed by atoms with van der Waals surface area (Å²) in [5.74, 6) is 0.573. The van der Waals surface area contributed by atoms with Gasteiger partial charge in [-0.15, -0.1) is 0 Å². The molecule has 2 aliphatic heterocycles. The van der Waals surface area contributed by atoms with E-state index >= 15 is 0 Å². The molecular weight excluding hydrogens is 266 g/mol. The van der Waals surface area contributed by atoms with Crippen molar-refractivity contribution < 1.29 is 4.79 Å². The number of carbonyl (C=O) groups is 1. The van der Waals surface area contributed by atoms with Gasteiger partial charge in [0.2, 0.25) is 0 Å². The Hall–Kier alpha value is -1.40. The highest BCUT2D eigenvalue weighted by Gasteiger charge is 2.34. The van der Waals surface area contributed by atoms with E-state index in [1.54, 1.807) is 0 Å². The van der Waals surface area contributed by atoms with Crippen LogP contribution < -0.4 is 10.6 Å². The van der Waals surface area contributed by atoms with Crippen molar-refractivity contribution in [2.24, 2.45) is 5.92 Å². The summed E-state index contributed by atoms with van der Waals surface area (Å²) in [5.41, 5.74) is 2.73. The van der Waals surface area contributed by atoms with Crippen LogP contribution in [0, 0.1) is 5.92 Å². The quantitative estimate of drug-likeness (QED) is 0.744. The van der Waals surface area contributed by atoms with Crippen molar-refractivity contribution in [3.63, 3.8) is 0 Å². The summed E-state index contributed by atoms with van der Waals surface area (Å²) in [5, 5.41) is 13.6. The standard InChI is InChI=1S/C15H23N5O/c21-15(14-12-8-16-5-3-13(12)18-19-14)17-7-10-4-6-20(9-10)11-1-2-11/h10-11,16H,1-9H2,(H,17,21)(H,18,19). The van der Waals surface area contributed by atoms with Crippen molar-refractivity contribution in [2.45, 2.75) is 38.3 Å². The molecule has 21 heavy (non-hydrogen) atoms. The lowest BCUT2D eigenvalue weighted by atomic mass is 10.1. The Morgan fingerprint density at radius 3 is 3.14 bits per heavy atom. The molecule has 1 aliphatic carbocycles. The van der Waals surface area contributed by atoms with Crippen LogP contribution in [0.2, 0.25) is 0 Å². The number of carbonyl (C=O) groups excluding carboxylic acids is 1. The minimum Gasteiger partial charge on any atom is -0.350 e. The number of likely N-dealkylation sites (tertiary alicyclic amines) is 1. The third kappa shape index (κ3) is 2.70. The van der Waals surface area contributed by atoms with Gasteiger partial charge in [-0.3, -0.25) is 9.89 Å². The van der Waals surface area contributed by atoms with Gasteiger partial charge in [0.25, 0.3) is 5.91 Å². The van der Waals surface area contributed by atoms with E-state index in [0.29, 0.717) is 11.6 Å². The molecule has 114 valence electrons. The third-order valence-corrected chi connectivity index (χ3v) is 4.95. The average molecular weight is 289 g/mol. The number of rotatable bonds is 4. The third-order valence-electron chi connectivity index (χ3n) is 4.95. The Morgan fingerprint density at radius 2 is 2.29 bits per heavy atom. The summed E-state index contributed by atoms with van der Waals surface area (Å²) in [6.07, 6.45) is 4.86. The van der Waals surface area contributed by atoms with Crippen molar-refractivity contribution >= 4 is 5.91 Å². The Labute approximate surface area is 124 Å². The molecule has 0 aromatic carbocycles. The fraction of sp³-hybridized carbons (Fsp3) is 0.733. The fourth-order valence-electron chi connectivity index (χ4n) is 3.53. The van der Waals surface area contributed by atoms with Crippen molar-refractivity contribution in [3.05, 3.63) is 17.0 Å². The van der Waals surface area contributed by atoms with E-state index in [1.807, 2.05) is 0 Å². The number of H-pyrrole nitrogens is 1. The molecule has 2 fully saturated rings. The van der Waals surface area contributed by atoms with Crippen LogP contribution in [0.15, 0.2) is 0 Å². The fourth-order valence-corrected chi connectivity index (χ4v) is 3.53. The Bertz CT molecular complexity index is 536. The molecule has 1 aromatic heterocycles. The van der Waals surface area contributed by atoms with Crippen LogP contribution in [0.3, 0.4) is 0 Å². The van der Waals surface area contributed by atoms with Gasteiger partial charge < -0.3 is 15.5 Å². The number of hydrogen-bond acceptors (Lipinski definition) is 4. The number of aromatic nitrogens is 2. The molecule has 3 heterocycles. The summed E-state index contributed by atoms with van der Waals surface area (Å²) in [6.45, 7) is 4.82. The van der Waals surface area contributed by atoms with Crippen LogP contribution >= 0.6 is 0 Å². The molecule has 1 unspecified atom stereocenters. The first-order chi connectivity index (χ1) is 10.3. The number of amides is 1. The van der Waals surface area contributed by atoms with Crippen LogP contribution in [-0.2, 0) is 13.0 Å². The van der Waals surface area contributed by atoms with Gasteiger partial charge in [-0.1, -0.05) is 0 Å². The molecule has 0 bridgehead atoms. The molecule has 1 saturated heterocycles. The van der Waals surface area contributed by atoms with E-state index in [2.05, 4.69) is 25.7 Å². The SMILES string of the molecule is O=C(NCC1CCN(C2CC2)C1)c1n[nH]c2c1CNCC2. The van der Waals surface area contributed by atoms with Crippen molar-refractivity contribution in [3.8, 4) is 0 Å². The Kier molecular flexibility index (Phi) is 3.43. The molecule has 6 nitrogen and oxygen atoms in total. The Morgan fingerprint density at radius 1 is 1.38 bits per heavy atom. The van der Waals surface area contributed by atoms with Gasteiger partial charge in [-0.25, -0.2) is 0 Å². The minimum absolute atomic E-state index is 0.0268. The molecule has 0 spiro atoms. The zero-order chi connectivity index (χ0) is 14.2. The predicted octanol–water partition coefficient (Wildman–Crippen LogP) is 0.270. The topological polar surface area (TPSA) is 73.0 Å². The number of nitrogens with zero attached hydrogens (tertiary/aromatic N) is 2. The lowest BCUT2D eigenvalue weighted by molar-refractivity contribution is 0.0941. The highest BCUT2D eigenvalue weighted by atomic mass is 16.1. The van der Waals surface area contributed by atoms with Gasteiger partial charge >= 0.3 is 0 Å². The molecule has 3 N–H and O–H groups in total. The molecule has 1 saturated carbocycles. The van der Waals surface area contributed by atoms with Crippen molar-refractivity contribution in [1.82, 2.24) is 25.7 Å². The van der Waals surface area contributed by atoms with Gasteiger partial charge in [-0.05, 0) is 31.7 Å². The van der Waals surface area contributed by atoms with Gasteiger partial charge in [-0.2, -0.15) is 5.10 Å². The van der Waals surface area contributed by atoms with Crippen LogP contribution in [0.5, 0.6) is 0 Å². The highest BCUT2D eigenvalue weighted by molar-refractivity contribution is 5.94. The summed E-state index contributed by atoms with van der Waals surface area (Å²) in [7, 11) is 0. The van der Waals surface area contributed by atoms with Crippen molar-refractivity contribution in [2.75, 3.05) is 26.2 Å². The minimum atomic E-state index is -0.0268. The Balaban J connectivity index is 1.32. The molecule has 1 aromatic rings. The first-order valence-electron chi connectivity index (χ1n) is 8.10.